The van der Waals surface area contributed by atoms with Crippen LogP contribution < -0.4 is 15.4 Å². The lowest BCUT2D eigenvalue weighted by Crippen LogP contribution is -2.39. The molecule has 1 aliphatic rings. The Kier molecular flexibility index (Phi) is 5.80. The van der Waals surface area contributed by atoms with E-state index in [1.54, 1.807) is 31.4 Å². The van der Waals surface area contributed by atoms with Crippen molar-refractivity contribution in [2.24, 2.45) is 0 Å². The van der Waals surface area contributed by atoms with Crippen molar-refractivity contribution in [1.29, 1.82) is 0 Å². The van der Waals surface area contributed by atoms with Gasteiger partial charge in [0.15, 0.2) is 0 Å². The predicted molar refractivity (Wildman–Crippen MR) is 82.8 cm³/mol. The van der Waals surface area contributed by atoms with E-state index in [2.05, 4.69) is 10.6 Å². The van der Waals surface area contributed by atoms with Gasteiger partial charge in [-0.3, -0.25) is 9.59 Å². The third-order valence-corrected chi connectivity index (χ3v) is 3.25. The molecule has 1 aliphatic heterocycles. The average molecular weight is 325 g/mol. The van der Waals surface area contributed by atoms with E-state index in [9.17, 15) is 9.59 Å². The average Bonchev–Trinajstić information content (AvgIpc) is 2.52. The number of nitrogens with one attached hydrogen (secondary N) is 2. The first kappa shape index (κ1) is 16.3. The van der Waals surface area contributed by atoms with Gasteiger partial charge >= 0.3 is 0 Å². The minimum Gasteiger partial charge on any atom is -0.488 e. The van der Waals surface area contributed by atoms with Crippen molar-refractivity contribution in [1.82, 2.24) is 10.6 Å². The van der Waals surface area contributed by atoms with E-state index >= 15 is 0 Å². The van der Waals surface area contributed by atoms with Crippen LogP contribution in [0.15, 0.2) is 23.8 Å². The van der Waals surface area contributed by atoms with E-state index in [-0.39, 0.29) is 25.0 Å². The summed E-state index contributed by atoms with van der Waals surface area (Å²) in [6.45, 7) is 0.896. The molecule has 2 amide bonds. The highest BCUT2D eigenvalue weighted by Crippen LogP contribution is 2.28. The fraction of sp³-hybridized carbons (Fsp3) is 0.333. The Morgan fingerprint density at radius 3 is 2.95 bits per heavy atom. The number of carbonyl (C=O) groups excluding carboxylic acids is 2. The van der Waals surface area contributed by atoms with Gasteiger partial charge in [0.1, 0.15) is 12.4 Å². The van der Waals surface area contributed by atoms with Crippen molar-refractivity contribution in [3.63, 3.8) is 0 Å². The maximum absolute atomic E-state index is 12.0. The Labute approximate surface area is 133 Å². The highest BCUT2D eigenvalue weighted by atomic mass is 35.5. The molecule has 0 saturated carbocycles. The van der Waals surface area contributed by atoms with Crippen molar-refractivity contribution in [2.45, 2.75) is 0 Å². The smallest absolute Gasteiger partial charge is 0.251 e. The van der Waals surface area contributed by atoms with Gasteiger partial charge < -0.3 is 20.1 Å². The van der Waals surface area contributed by atoms with Crippen LogP contribution in [0.5, 0.6) is 5.75 Å². The van der Waals surface area contributed by atoms with Crippen molar-refractivity contribution >= 4 is 29.5 Å². The van der Waals surface area contributed by atoms with E-state index in [1.165, 1.54) is 0 Å². The Bertz CT molecular complexity index is 601. The Hall–Kier alpha value is -2.05. The summed E-state index contributed by atoms with van der Waals surface area (Å²) >= 11 is 5.92. The molecule has 7 heteroatoms. The summed E-state index contributed by atoms with van der Waals surface area (Å²) in [5, 5.41) is 5.74. The van der Waals surface area contributed by atoms with Crippen molar-refractivity contribution in [2.75, 3.05) is 33.4 Å². The molecule has 2 rings (SSSR count). The number of hydrogen-bond acceptors (Lipinski definition) is 4. The molecule has 0 aliphatic carbocycles. The van der Waals surface area contributed by atoms with Gasteiger partial charge in [0.25, 0.3) is 5.91 Å². The molecule has 0 radical (unpaired) electrons. The molecule has 0 spiro atoms. The summed E-state index contributed by atoms with van der Waals surface area (Å²) in [7, 11) is 1.55. The van der Waals surface area contributed by atoms with Crippen molar-refractivity contribution < 1.29 is 19.1 Å². The van der Waals surface area contributed by atoms with Crippen LogP contribution in [0.3, 0.4) is 0 Å². The number of halogens is 1. The number of hydrogen-bond donors (Lipinski definition) is 2. The quantitative estimate of drug-likeness (QED) is 0.765. The highest BCUT2D eigenvalue weighted by molar-refractivity contribution is 6.30. The first-order valence-corrected chi connectivity index (χ1v) is 7.14. The fourth-order valence-corrected chi connectivity index (χ4v) is 2.09. The lowest BCUT2D eigenvalue weighted by molar-refractivity contribution is -0.124. The van der Waals surface area contributed by atoms with Gasteiger partial charge in [-0.25, -0.2) is 0 Å². The van der Waals surface area contributed by atoms with Gasteiger partial charge in [0.05, 0.1) is 18.7 Å². The molecule has 0 unspecified atom stereocenters. The number of methoxy groups -OCH3 is 1. The summed E-state index contributed by atoms with van der Waals surface area (Å²) in [5.41, 5.74) is 1.19. The van der Waals surface area contributed by atoms with Crippen molar-refractivity contribution in [3.05, 3.63) is 34.4 Å². The first-order valence-electron chi connectivity index (χ1n) is 6.77. The van der Waals surface area contributed by atoms with Crippen LogP contribution in [0.4, 0.5) is 0 Å². The van der Waals surface area contributed by atoms with Crippen LogP contribution in [0.25, 0.3) is 6.08 Å². The second-order valence-electron chi connectivity index (χ2n) is 4.67. The molecule has 118 valence electrons. The largest absolute Gasteiger partial charge is 0.488 e. The van der Waals surface area contributed by atoms with Gasteiger partial charge in [-0.2, -0.15) is 0 Å². The second-order valence-corrected chi connectivity index (χ2v) is 5.10. The molecule has 6 nitrogen and oxygen atoms in total. The minimum absolute atomic E-state index is 0.0949. The molecule has 1 aromatic rings. The van der Waals surface area contributed by atoms with Crippen LogP contribution in [0.1, 0.15) is 5.56 Å². The SMILES string of the molecule is COCCNC(=O)CNC(=O)C1=Cc2cc(Cl)ccc2OC1. The standard InChI is InChI=1S/C15H17ClN2O4/c1-21-5-4-17-14(19)8-18-15(20)11-6-10-7-12(16)2-3-13(10)22-9-11/h2-3,6-7H,4-5,8-9H2,1H3,(H,17,19)(H,18,20). The first-order chi connectivity index (χ1) is 10.6. The van der Waals surface area contributed by atoms with Crippen molar-refractivity contribution in [3.8, 4) is 5.75 Å². The van der Waals surface area contributed by atoms with Crippen LogP contribution in [0, 0.1) is 0 Å². The molecular formula is C15H17ClN2O4. The monoisotopic (exact) mass is 324 g/mol. The number of fused-ring (bicyclic) bond motifs is 1. The van der Waals surface area contributed by atoms with Gasteiger partial charge in [-0.05, 0) is 24.3 Å². The third kappa shape index (κ3) is 4.47. The van der Waals surface area contributed by atoms with E-state index in [0.29, 0.717) is 29.5 Å². The second kappa shape index (κ2) is 7.82. The van der Waals surface area contributed by atoms with Gasteiger partial charge in [0, 0.05) is 24.2 Å². The molecule has 1 heterocycles. The zero-order valence-electron chi connectivity index (χ0n) is 12.1. The third-order valence-electron chi connectivity index (χ3n) is 3.01. The summed E-state index contributed by atoms with van der Waals surface area (Å²) in [4.78, 5) is 23.5. The van der Waals surface area contributed by atoms with Gasteiger partial charge in [-0.1, -0.05) is 11.6 Å². The van der Waals surface area contributed by atoms with Crippen LogP contribution in [-0.2, 0) is 14.3 Å². The zero-order chi connectivity index (χ0) is 15.9. The Morgan fingerprint density at radius 2 is 2.18 bits per heavy atom. The van der Waals surface area contributed by atoms with Crippen LogP contribution >= 0.6 is 11.6 Å². The number of benzene rings is 1. The van der Waals surface area contributed by atoms with Gasteiger partial charge in [0.2, 0.25) is 5.91 Å². The lowest BCUT2D eigenvalue weighted by Gasteiger charge is -2.17. The zero-order valence-corrected chi connectivity index (χ0v) is 12.9. The summed E-state index contributed by atoms with van der Waals surface area (Å²) in [6.07, 6.45) is 1.71. The lowest BCUT2D eigenvalue weighted by atomic mass is 10.1. The van der Waals surface area contributed by atoms with E-state index in [0.717, 1.165) is 5.56 Å². The molecule has 2 N–H and O–H groups in total. The predicted octanol–water partition coefficient (Wildman–Crippen LogP) is 0.995. The number of amides is 2. The number of ether oxygens (including phenoxy) is 2. The number of rotatable bonds is 6. The summed E-state index contributed by atoms with van der Waals surface area (Å²) in [5.74, 6) is 0.0666. The molecule has 0 aromatic heterocycles. The van der Waals surface area contributed by atoms with Crippen LogP contribution in [-0.4, -0.2) is 45.2 Å². The van der Waals surface area contributed by atoms with Crippen LogP contribution in [0.2, 0.25) is 5.02 Å². The summed E-state index contributed by atoms with van der Waals surface area (Å²) in [6, 6.07) is 5.20. The van der Waals surface area contributed by atoms with E-state index in [1.807, 2.05) is 0 Å². The highest BCUT2D eigenvalue weighted by Gasteiger charge is 2.17. The maximum Gasteiger partial charge on any atom is 0.251 e. The molecule has 0 bridgehead atoms. The topological polar surface area (TPSA) is 76.7 Å². The molecule has 1 aromatic carbocycles. The molecular weight excluding hydrogens is 308 g/mol. The van der Waals surface area contributed by atoms with Gasteiger partial charge in [-0.15, -0.1) is 0 Å². The summed E-state index contributed by atoms with van der Waals surface area (Å²) < 4.78 is 10.3. The Balaban J connectivity index is 1.89. The minimum atomic E-state index is -0.340. The van der Waals surface area contributed by atoms with E-state index in [4.69, 9.17) is 21.1 Å². The molecule has 0 saturated heterocycles. The fourth-order valence-electron chi connectivity index (χ4n) is 1.91. The maximum atomic E-state index is 12.0. The van der Waals surface area contributed by atoms with E-state index < -0.39 is 0 Å². The normalized spacial score (nSPS) is 12.7. The molecule has 0 atom stereocenters. The number of carbonyl (C=O) groups is 2. The molecule has 22 heavy (non-hydrogen) atoms. The Morgan fingerprint density at radius 1 is 1.36 bits per heavy atom. The molecule has 0 fully saturated rings.